The molecule has 3 aromatic heterocycles. The maximum Gasteiger partial charge on any atom is 0.227 e. The molecule has 0 radical (unpaired) electrons. The van der Waals surface area contributed by atoms with Crippen LogP contribution in [0.1, 0.15) is 0 Å². The van der Waals surface area contributed by atoms with Gasteiger partial charge in [0.2, 0.25) is 5.95 Å². The number of aliphatic hydroxyl groups excluding tert-OH is 1. The number of hydrogen-bond acceptors (Lipinski definition) is 9. The smallest absolute Gasteiger partial charge is 0.227 e. The van der Waals surface area contributed by atoms with Crippen molar-refractivity contribution >= 4 is 34.6 Å². The lowest BCUT2D eigenvalue weighted by Gasteiger charge is -2.46. The summed E-state index contributed by atoms with van der Waals surface area (Å²) in [5.74, 6) is 0.517. The number of hydrogen-bond donors (Lipinski definition) is 2. The highest BCUT2D eigenvalue weighted by Crippen LogP contribution is 2.34. The summed E-state index contributed by atoms with van der Waals surface area (Å²) in [6.45, 7) is 3.97. The van der Waals surface area contributed by atoms with Crippen molar-refractivity contribution in [3.63, 3.8) is 0 Å². The Balaban J connectivity index is 1.23. The number of benzene rings is 1. The molecule has 2 unspecified atom stereocenters. The molecule has 38 heavy (non-hydrogen) atoms. The van der Waals surface area contributed by atoms with Gasteiger partial charge in [-0.2, -0.15) is 0 Å². The van der Waals surface area contributed by atoms with Gasteiger partial charge in [-0.3, -0.25) is 9.30 Å². The molecular formula is C26H27ClFN7O3. The van der Waals surface area contributed by atoms with Crippen molar-refractivity contribution in [1.82, 2.24) is 24.3 Å². The minimum absolute atomic E-state index is 0.0897. The van der Waals surface area contributed by atoms with Crippen LogP contribution in [0.5, 0.6) is 5.75 Å². The van der Waals surface area contributed by atoms with Gasteiger partial charge in [-0.1, -0.05) is 11.6 Å². The first kappa shape index (κ1) is 24.8. The van der Waals surface area contributed by atoms with E-state index >= 15 is 0 Å². The second-order valence-electron chi connectivity index (χ2n) is 9.36. The summed E-state index contributed by atoms with van der Waals surface area (Å²) < 4.78 is 27.6. The van der Waals surface area contributed by atoms with E-state index in [4.69, 9.17) is 21.1 Å². The van der Waals surface area contributed by atoms with Crippen molar-refractivity contribution in [2.24, 2.45) is 0 Å². The van der Waals surface area contributed by atoms with E-state index in [1.165, 1.54) is 18.5 Å². The fourth-order valence-electron chi connectivity index (χ4n) is 5.17. The van der Waals surface area contributed by atoms with E-state index in [1.807, 2.05) is 18.2 Å². The Morgan fingerprint density at radius 1 is 1.16 bits per heavy atom. The van der Waals surface area contributed by atoms with Crippen molar-refractivity contribution in [3.8, 4) is 17.1 Å². The molecule has 2 aliphatic rings. The van der Waals surface area contributed by atoms with Crippen LogP contribution in [-0.2, 0) is 4.74 Å². The number of methoxy groups -OCH3 is 1. The molecule has 0 saturated carbocycles. The van der Waals surface area contributed by atoms with Gasteiger partial charge in [-0.25, -0.2) is 19.3 Å². The van der Waals surface area contributed by atoms with E-state index in [-0.39, 0.29) is 24.5 Å². The number of anilines is 3. The van der Waals surface area contributed by atoms with E-state index in [1.54, 1.807) is 23.8 Å². The monoisotopic (exact) mass is 539 g/mol. The standard InChI is InChI=1S/C26H27ClFN7O3/c1-37-23-9-16(34-14-17-12-33(7-8-36)13-18(15-34)38-17)4-5-21(23)31-26-30-10-19(27)24(32-26)22-11-29-25-20(28)3-2-6-35(22)25/h2-6,9-11,17-18,36H,7-8,12-15H2,1H3,(H,30,31,32). The van der Waals surface area contributed by atoms with Gasteiger partial charge < -0.3 is 24.8 Å². The molecule has 2 N–H and O–H groups in total. The Labute approximate surface area is 223 Å². The molecular weight excluding hydrogens is 513 g/mol. The number of aromatic nitrogens is 4. The van der Waals surface area contributed by atoms with Crippen molar-refractivity contribution < 1.29 is 19.0 Å². The molecule has 4 aromatic rings. The second kappa shape index (κ2) is 10.3. The number of halogens is 2. The third kappa shape index (κ3) is 4.73. The fourth-order valence-corrected chi connectivity index (χ4v) is 5.36. The highest BCUT2D eigenvalue weighted by atomic mass is 35.5. The number of rotatable bonds is 7. The van der Waals surface area contributed by atoms with Gasteiger partial charge in [-0.15, -0.1) is 0 Å². The minimum Gasteiger partial charge on any atom is -0.494 e. The summed E-state index contributed by atoms with van der Waals surface area (Å²) in [5, 5.41) is 12.8. The number of nitrogens with zero attached hydrogens (tertiary/aromatic N) is 6. The molecule has 0 amide bonds. The van der Waals surface area contributed by atoms with Crippen LogP contribution >= 0.6 is 11.6 Å². The number of nitrogens with one attached hydrogen (secondary N) is 1. The third-order valence-corrected chi connectivity index (χ3v) is 7.12. The van der Waals surface area contributed by atoms with Crippen LogP contribution in [-0.4, -0.2) is 88.0 Å². The molecule has 1 aromatic carbocycles. The van der Waals surface area contributed by atoms with Gasteiger partial charge >= 0.3 is 0 Å². The van der Waals surface area contributed by atoms with E-state index in [2.05, 4.69) is 30.1 Å². The predicted octanol–water partition coefficient (Wildman–Crippen LogP) is 3.22. The largest absolute Gasteiger partial charge is 0.494 e. The molecule has 5 heterocycles. The second-order valence-corrected chi connectivity index (χ2v) is 9.77. The zero-order valence-electron chi connectivity index (χ0n) is 20.7. The number of aliphatic hydroxyl groups is 1. The molecule has 0 spiro atoms. The van der Waals surface area contributed by atoms with Crippen molar-refractivity contribution in [1.29, 1.82) is 0 Å². The van der Waals surface area contributed by atoms with E-state index < -0.39 is 5.82 Å². The molecule has 198 valence electrons. The van der Waals surface area contributed by atoms with Gasteiger partial charge in [-0.05, 0) is 24.3 Å². The zero-order valence-corrected chi connectivity index (χ0v) is 21.5. The lowest BCUT2D eigenvalue weighted by atomic mass is 10.1. The first-order valence-electron chi connectivity index (χ1n) is 12.4. The highest BCUT2D eigenvalue weighted by molar-refractivity contribution is 6.32. The maximum absolute atomic E-state index is 14.2. The Morgan fingerprint density at radius 3 is 2.74 bits per heavy atom. The molecule has 2 atom stereocenters. The summed E-state index contributed by atoms with van der Waals surface area (Å²) in [6.07, 6.45) is 4.92. The fraction of sp³-hybridized carbons (Fsp3) is 0.346. The van der Waals surface area contributed by atoms with Crippen LogP contribution in [0.15, 0.2) is 48.9 Å². The number of fused-ring (bicyclic) bond motifs is 3. The summed E-state index contributed by atoms with van der Waals surface area (Å²) in [6, 6.07) is 8.89. The third-order valence-electron chi connectivity index (χ3n) is 6.84. The average molecular weight is 540 g/mol. The topological polar surface area (TPSA) is 100 Å². The van der Waals surface area contributed by atoms with Crippen molar-refractivity contribution in [2.75, 3.05) is 56.7 Å². The quantitative estimate of drug-likeness (QED) is 0.366. The van der Waals surface area contributed by atoms with Crippen LogP contribution < -0.4 is 15.0 Å². The number of imidazole rings is 1. The Kier molecular flexibility index (Phi) is 6.75. The highest BCUT2D eigenvalue weighted by Gasteiger charge is 2.35. The van der Waals surface area contributed by atoms with Crippen LogP contribution in [0.3, 0.4) is 0 Å². The molecule has 12 heteroatoms. The number of β-amino-alcohol motifs (C(OH)–C–C–N with tert-alkyl or cyclic N) is 1. The zero-order chi connectivity index (χ0) is 26.2. The van der Waals surface area contributed by atoms with Gasteiger partial charge in [0.1, 0.15) is 11.4 Å². The SMILES string of the molecule is COc1cc(N2CC3CN(CCO)CC(C2)O3)ccc1Nc1ncc(Cl)c(-c2cnc3c(F)cccn23)n1. The van der Waals surface area contributed by atoms with Gasteiger partial charge in [0.25, 0.3) is 0 Å². The van der Waals surface area contributed by atoms with Gasteiger partial charge in [0.15, 0.2) is 11.5 Å². The van der Waals surface area contributed by atoms with Crippen molar-refractivity contribution in [2.45, 2.75) is 12.2 Å². The number of ether oxygens (including phenoxy) is 2. The molecule has 2 bridgehead atoms. The average Bonchev–Trinajstić information content (AvgIpc) is 3.35. The Morgan fingerprint density at radius 2 is 1.97 bits per heavy atom. The van der Waals surface area contributed by atoms with Crippen LogP contribution in [0.25, 0.3) is 17.0 Å². The van der Waals surface area contributed by atoms with Crippen LogP contribution in [0, 0.1) is 5.82 Å². The summed E-state index contributed by atoms with van der Waals surface area (Å²) in [5.41, 5.74) is 2.89. The molecule has 2 aliphatic heterocycles. The van der Waals surface area contributed by atoms with Gasteiger partial charge in [0, 0.05) is 50.7 Å². The predicted molar refractivity (Wildman–Crippen MR) is 142 cm³/mol. The van der Waals surface area contributed by atoms with E-state index in [0.717, 1.165) is 31.9 Å². The van der Waals surface area contributed by atoms with E-state index in [0.29, 0.717) is 40.3 Å². The van der Waals surface area contributed by atoms with E-state index in [9.17, 15) is 9.50 Å². The first-order valence-corrected chi connectivity index (χ1v) is 12.7. The minimum atomic E-state index is -0.432. The van der Waals surface area contributed by atoms with Crippen molar-refractivity contribution in [3.05, 3.63) is 59.8 Å². The lowest BCUT2D eigenvalue weighted by Crippen LogP contribution is -2.60. The van der Waals surface area contributed by atoms with Crippen LogP contribution in [0.2, 0.25) is 5.02 Å². The molecule has 0 aliphatic carbocycles. The summed E-state index contributed by atoms with van der Waals surface area (Å²) in [4.78, 5) is 17.7. The van der Waals surface area contributed by atoms with Gasteiger partial charge in [0.05, 0.1) is 54.7 Å². The lowest BCUT2D eigenvalue weighted by molar-refractivity contribution is -0.0961. The Bertz CT molecular complexity index is 1450. The van der Waals surface area contributed by atoms with Crippen LogP contribution in [0.4, 0.5) is 21.7 Å². The number of morpholine rings is 2. The summed E-state index contributed by atoms with van der Waals surface area (Å²) in [7, 11) is 1.62. The molecule has 6 rings (SSSR count). The Hall–Kier alpha value is -3.51. The maximum atomic E-state index is 14.2. The summed E-state index contributed by atoms with van der Waals surface area (Å²) >= 11 is 6.42. The normalized spacial score (nSPS) is 19.6. The molecule has 10 nitrogen and oxygen atoms in total. The molecule has 2 fully saturated rings. The first-order chi connectivity index (χ1) is 18.5. The molecule has 2 saturated heterocycles. The number of pyridine rings is 1.